The Kier molecular flexibility index (Phi) is 6.11. The van der Waals surface area contributed by atoms with E-state index in [1.807, 2.05) is 24.3 Å². The number of nitrogens with two attached hydrogens (primary N) is 1. The Labute approximate surface area is 162 Å². The van der Waals surface area contributed by atoms with E-state index in [4.69, 9.17) is 15.2 Å². The zero-order valence-corrected chi connectivity index (χ0v) is 15.5. The van der Waals surface area contributed by atoms with Crippen LogP contribution in [0.5, 0.6) is 11.5 Å². The van der Waals surface area contributed by atoms with E-state index in [-0.39, 0.29) is 12.5 Å². The topological polar surface area (TPSA) is 119 Å². The summed E-state index contributed by atoms with van der Waals surface area (Å²) < 4.78 is 10.5. The zero-order chi connectivity index (χ0) is 19.9. The molecular weight excluding hydrogens is 360 g/mol. The van der Waals surface area contributed by atoms with Gasteiger partial charge in [-0.2, -0.15) is 0 Å². The van der Waals surface area contributed by atoms with E-state index in [1.54, 1.807) is 18.2 Å². The molecule has 0 aliphatic heterocycles. The number of fused-ring (bicyclic) bond motifs is 1. The van der Waals surface area contributed by atoms with Crippen LogP contribution in [0, 0.1) is 0 Å². The van der Waals surface area contributed by atoms with Gasteiger partial charge in [0.05, 0.1) is 18.1 Å². The Hall–Kier alpha value is -3.55. The number of aromatic amines is 1. The normalized spacial score (nSPS) is 10.6. The minimum Gasteiger partial charge on any atom is -0.493 e. The van der Waals surface area contributed by atoms with Gasteiger partial charge in [0.2, 0.25) is 0 Å². The molecular formula is C20H22N4O4. The average molecular weight is 382 g/mol. The van der Waals surface area contributed by atoms with E-state index >= 15 is 0 Å². The van der Waals surface area contributed by atoms with Crippen LogP contribution in [-0.4, -0.2) is 42.0 Å². The smallest absolute Gasteiger partial charge is 0.255 e. The summed E-state index contributed by atoms with van der Waals surface area (Å²) in [5.41, 5.74) is 7.45. The molecule has 1 aromatic heterocycles. The fourth-order valence-electron chi connectivity index (χ4n) is 2.76. The van der Waals surface area contributed by atoms with Gasteiger partial charge in [0.1, 0.15) is 5.82 Å². The second-order valence-corrected chi connectivity index (χ2v) is 6.18. The van der Waals surface area contributed by atoms with Gasteiger partial charge >= 0.3 is 0 Å². The van der Waals surface area contributed by atoms with Gasteiger partial charge in [-0.15, -0.1) is 0 Å². The molecule has 0 spiro atoms. The largest absolute Gasteiger partial charge is 0.493 e. The predicted octanol–water partition coefficient (Wildman–Crippen LogP) is 1.80. The molecule has 0 aliphatic rings. The van der Waals surface area contributed by atoms with E-state index < -0.39 is 5.91 Å². The number of H-pyrrole nitrogens is 1. The lowest BCUT2D eigenvalue weighted by Gasteiger charge is -2.11. The highest BCUT2D eigenvalue weighted by Gasteiger charge is 2.12. The van der Waals surface area contributed by atoms with Gasteiger partial charge in [-0.3, -0.25) is 9.59 Å². The van der Waals surface area contributed by atoms with Gasteiger partial charge in [0.15, 0.2) is 18.1 Å². The standard InChI is InChI=1S/C20H22N4O4/c1-27-17-11-13(8-9-16(17)28-12-18(21)25)20(26)22-10-4-7-19-23-14-5-2-3-6-15(14)24-19/h2-3,5-6,8-9,11H,4,7,10,12H2,1H3,(H2,21,25)(H,22,26)(H,23,24). The number of hydrogen-bond donors (Lipinski definition) is 3. The fraction of sp³-hybridized carbons (Fsp3) is 0.250. The second kappa shape index (κ2) is 8.90. The number of methoxy groups -OCH3 is 1. The summed E-state index contributed by atoms with van der Waals surface area (Å²) in [6, 6.07) is 12.6. The van der Waals surface area contributed by atoms with Gasteiger partial charge < -0.3 is 25.5 Å². The van der Waals surface area contributed by atoms with Crippen molar-refractivity contribution in [2.45, 2.75) is 12.8 Å². The number of rotatable bonds is 9. The van der Waals surface area contributed by atoms with Crippen molar-refractivity contribution in [3.05, 3.63) is 53.9 Å². The summed E-state index contributed by atoms with van der Waals surface area (Å²) in [4.78, 5) is 31.0. The van der Waals surface area contributed by atoms with Gasteiger partial charge in [0, 0.05) is 18.5 Å². The number of para-hydroxylation sites is 2. The van der Waals surface area contributed by atoms with Crippen LogP contribution in [0.15, 0.2) is 42.5 Å². The van der Waals surface area contributed by atoms with Gasteiger partial charge in [0.25, 0.3) is 11.8 Å². The molecule has 2 aromatic carbocycles. The van der Waals surface area contributed by atoms with E-state index in [0.717, 1.165) is 29.7 Å². The number of ether oxygens (including phenoxy) is 2. The number of amides is 2. The van der Waals surface area contributed by atoms with Crippen LogP contribution in [0.4, 0.5) is 0 Å². The van der Waals surface area contributed by atoms with Crippen LogP contribution in [0.1, 0.15) is 22.6 Å². The van der Waals surface area contributed by atoms with E-state index in [2.05, 4.69) is 15.3 Å². The molecule has 1 heterocycles. The molecule has 0 atom stereocenters. The van der Waals surface area contributed by atoms with Crippen molar-refractivity contribution in [1.29, 1.82) is 0 Å². The van der Waals surface area contributed by atoms with E-state index in [0.29, 0.717) is 23.6 Å². The number of carbonyl (C=O) groups is 2. The Bertz CT molecular complexity index is 950. The Morgan fingerprint density at radius 2 is 2.00 bits per heavy atom. The van der Waals surface area contributed by atoms with E-state index in [1.165, 1.54) is 7.11 Å². The van der Waals surface area contributed by atoms with Gasteiger partial charge in [-0.25, -0.2) is 4.98 Å². The quantitative estimate of drug-likeness (QED) is 0.488. The summed E-state index contributed by atoms with van der Waals surface area (Å²) in [5, 5.41) is 2.87. The van der Waals surface area contributed by atoms with Crippen LogP contribution < -0.4 is 20.5 Å². The molecule has 3 aromatic rings. The van der Waals surface area contributed by atoms with Crippen molar-refractivity contribution in [2.24, 2.45) is 5.73 Å². The average Bonchev–Trinajstić information content (AvgIpc) is 3.12. The van der Waals surface area contributed by atoms with Gasteiger partial charge in [-0.05, 0) is 36.8 Å². The lowest BCUT2D eigenvalue weighted by atomic mass is 10.2. The first-order chi connectivity index (χ1) is 13.6. The SMILES string of the molecule is COc1cc(C(=O)NCCCc2nc3ccccc3[nH]2)ccc1OCC(N)=O. The molecule has 28 heavy (non-hydrogen) atoms. The number of aromatic nitrogens is 2. The van der Waals surface area contributed by atoms with Crippen molar-refractivity contribution >= 4 is 22.8 Å². The zero-order valence-electron chi connectivity index (χ0n) is 15.5. The lowest BCUT2D eigenvalue weighted by molar-refractivity contribution is -0.119. The molecule has 0 radical (unpaired) electrons. The molecule has 0 fully saturated rings. The third-order valence-electron chi connectivity index (χ3n) is 4.11. The molecule has 8 heteroatoms. The summed E-state index contributed by atoms with van der Waals surface area (Å²) in [5.74, 6) is 0.796. The van der Waals surface area contributed by atoms with Gasteiger partial charge in [-0.1, -0.05) is 12.1 Å². The number of carbonyl (C=O) groups excluding carboxylic acids is 2. The first-order valence-electron chi connectivity index (χ1n) is 8.88. The monoisotopic (exact) mass is 382 g/mol. The first-order valence-corrected chi connectivity index (χ1v) is 8.88. The summed E-state index contributed by atoms with van der Waals surface area (Å²) >= 11 is 0. The molecule has 0 saturated carbocycles. The predicted molar refractivity (Wildman–Crippen MR) is 104 cm³/mol. The first kappa shape index (κ1) is 19.2. The van der Waals surface area contributed by atoms with Crippen molar-refractivity contribution in [3.63, 3.8) is 0 Å². The number of benzene rings is 2. The number of nitrogens with one attached hydrogen (secondary N) is 2. The van der Waals surface area contributed by atoms with Crippen molar-refractivity contribution in [3.8, 4) is 11.5 Å². The molecule has 4 N–H and O–H groups in total. The van der Waals surface area contributed by atoms with Crippen molar-refractivity contribution < 1.29 is 19.1 Å². The number of aryl methyl sites for hydroxylation is 1. The third kappa shape index (κ3) is 4.79. The molecule has 146 valence electrons. The molecule has 2 amide bonds. The minimum absolute atomic E-state index is 0.218. The molecule has 8 nitrogen and oxygen atoms in total. The number of imidazole rings is 1. The molecule has 3 rings (SSSR count). The summed E-state index contributed by atoms with van der Waals surface area (Å²) in [6.45, 7) is 0.252. The van der Waals surface area contributed by atoms with Crippen molar-refractivity contribution in [1.82, 2.24) is 15.3 Å². The maximum Gasteiger partial charge on any atom is 0.255 e. The number of hydrogen-bond acceptors (Lipinski definition) is 5. The Morgan fingerprint density at radius 3 is 2.75 bits per heavy atom. The molecule has 0 bridgehead atoms. The highest BCUT2D eigenvalue weighted by Crippen LogP contribution is 2.28. The molecule has 0 aliphatic carbocycles. The Balaban J connectivity index is 1.51. The van der Waals surface area contributed by atoms with Crippen LogP contribution in [0.3, 0.4) is 0 Å². The minimum atomic E-state index is -0.590. The summed E-state index contributed by atoms with van der Waals surface area (Å²) in [6.07, 6.45) is 1.49. The molecule has 0 saturated heterocycles. The third-order valence-corrected chi connectivity index (χ3v) is 4.11. The number of nitrogens with zero attached hydrogens (tertiary/aromatic N) is 1. The van der Waals surface area contributed by atoms with Crippen LogP contribution in [0.25, 0.3) is 11.0 Å². The maximum absolute atomic E-state index is 12.3. The van der Waals surface area contributed by atoms with Crippen LogP contribution in [-0.2, 0) is 11.2 Å². The summed E-state index contributed by atoms with van der Waals surface area (Å²) in [7, 11) is 1.46. The van der Waals surface area contributed by atoms with Crippen LogP contribution in [0.2, 0.25) is 0 Å². The molecule has 0 unspecified atom stereocenters. The Morgan fingerprint density at radius 1 is 1.18 bits per heavy atom. The second-order valence-electron chi connectivity index (χ2n) is 6.18. The highest BCUT2D eigenvalue weighted by atomic mass is 16.5. The highest BCUT2D eigenvalue weighted by molar-refractivity contribution is 5.94. The fourth-order valence-corrected chi connectivity index (χ4v) is 2.76. The number of primary amides is 1. The lowest BCUT2D eigenvalue weighted by Crippen LogP contribution is -2.25. The maximum atomic E-state index is 12.3. The van der Waals surface area contributed by atoms with Crippen molar-refractivity contribution in [2.75, 3.05) is 20.3 Å². The van der Waals surface area contributed by atoms with E-state index in [9.17, 15) is 9.59 Å². The van der Waals surface area contributed by atoms with Crippen LogP contribution >= 0.6 is 0 Å².